The number of carbonyl (C=O) groups excluding carboxylic acids is 1. The lowest BCUT2D eigenvalue weighted by Crippen LogP contribution is -2.32. The molecule has 0 saturated heterocycles. The first-order chi connectivity index (χ1) is 13.4. The van der Waals surface area contributed by atoms with E-state index in [2.05, 4.69) is 5.10 Å². The van der Waals surface area contributed by atoms with Crippen molar-refractivity contribution in [1.82, 2.24) is 9.78 Å². The smallest absolute Gasteiger partial charge is 0.277 e. The highest BCUT2D eigenvalue weighted by Gasteiger charge is 2.30. The average molecular weight is 415 g/mol. The van der Waals surface area contributed by atoms with Gasteiger partial charge in [0, 0.05) is 14.8 Å². The maximum absolute atomic E-state index is 13.3. The Labute approximate surface area is 170 Å². The molecule has 4 rings (SSSR count). The molecule has 1 amide bonds. The molecule has 0 unspecified atom stereocenters. The number of rotatable bonds is 3. The quantitative estimate of drug-likeness (QED) is 0.450. The molecule has 0 radical (unpaired) electrons. The van der Waals surface area contributed by atoms with Crippen LogP contribution in [0.15, 0.2) is 52.3 Å². The number of anilines is 2. The van der Waals surface area contributed by atoms with Gasteiger partial charge in [-0.15, -0.1) is 0 Å². The Hall–Kier alpha value is -2.84. The van der Waals surface area contributed by atoms with Gasteiger partial charge >= 0.3 is 5.69 Å². The van der Waals surface area contributed by atoms with Gasteiger partial charge in [-0.1, -0.05) is 35.5 Å². The number of carbonyl (C=O) groups is 1. The normalized spacial score (nSPS) is 12.5. The van der Waals surface area contributed by atoms with E-state index in [1.165, 1.54) is 4.68 Å². The molecule has 2 aromatic carbocycles. The SMILES string of the molecule is Cc1nn(CC(=O)N2c3ccccc3Sc3ccc(Cl)cc32)c(C)c1[N+](=O)[O-]. The van der Waals surface area contributed by atoms with E-state index in [4.69, 9.17) is 11.6 Å². The fourth-order valence-corrected chi connectivity index (χ4v) is 4.51. The van der Waals surface area contributed by atoms with Crippen LogP contribution < -0.4 is 4.90 Å². The molecular weight excluding hydrogens is 400 g/mol. The summed E-state index contributed by atoms with van der Waals surface area (Å²) in [7, 11) is 0. The number of fused-ring (bicyclic) bond motifs is 2. The van der Waals surface area contributed by atoms with E-state index in [1.807, 2.05) is 30.3 Å². The van der Waals surface area contributed by atoms with Crippen LogP contribution in [0.3, 0.4) is 0 Å². The third kappa shape index (κ3) is 3.04. The number of nitrogens with zero attached hydrogens (tertiary/aromatic N) is 4. The minimum absolute atomic E-state index is 0.0640. The summed E-state index contributed by atoms with van der Waals surface area (Å²) in [4.78, 5) is 27.5. The Morgan fingerprint density at radius 2 is 1.89 bits per heavy atom. The second-order valence-corrected chi connectivity index (χ2v) is 7.87. The molecular formula is C19H15ClN4O3S. The molecule has 0 N–H and O–H groups in total. The lowest BCUT2D eigenvalue weighted by atomic mass is 10.2. The summed E-state index contributed by atoms with van der Waals surface area (Å²) in [5, 5.41) is 16.0. The number of benzene rings is 2. The molecule has 0 fully saturated rings. The van der Waals surface area contributed by atoms with E-state index in [0.717, 1.165) is 15.5 Å². The maximum atomic E-state index is 13.3. The molecule has 142 valence electrons. The first-order valence-corrected chi connectivity index (χ1v) is 9.64. The van der Waals surface area contributed by atoms with Gasteiger partial charge in [0.2, 0.25) is 0 Å². The Bertz CT molecular complexity index is 1130. The highest BCUT2D eigenvalue weighted by molar-refractivity contribution is 7.99. The molecule has 7 nitrogen and oxygen atoms in total. The summed E-state index contributed by atoms with van der Waals surface area (Å²) in [6.45, 7) is 3.04. The highest BCUT2D eigenvalue weighted by atomic mass is 35.5. The van der Waals surface area contributed by atoms with Crippen LogP contribution in [0.4, 0.5) is 17.1 Å². The van der Waals surface area contributed by atoms with Crippen molar-refractivity contribution >= 4 is 46.3 Å². The van der Waals surface area contributed by atoms with E-state index in [0.29, 0.717) is 16.4 Å². The predicted octanol–water partition coefficient (Wildman–Crippen LogP) is 4.89. The van der Waals surface area contributed by atoms with E-state index in [1.54, 1.807) is 42.6 Å². The van der Waals surface area contributed by atoms with Crippen LogP contribution in [0.2, 0.25) is 5.02 Å². The molecule has 1 aliphatic heterocycles. The van der Waals surface area contributed by atoms with Crippen LogP contribution in [-0.2, 0) is 11.3 Å². The zero-order chi connectivity index (χ0) is 20.0. The molecule has 28 heavy (non-hydrogen) atoms. The lowest BCUT2D eigenvalue weighted by Gasteiger charge is -2.31. The van der Waals surface area contributed by atoms with Gasteiger partial charge < -0.3 is 0 Å². The van der Waals surface area contributed by atoms with Crippen molar-refractivity contribution in [2.75, 3.05) is 4.90 Å². The fourth-order valence-electron chi connectivity index (χ4n) is 3.30. The van der Waals surface area contributed by atoms with Crippen LogP contribution in [0.1, 0.15) is 11.4 Å². The number of amides is 1. The van der Waals surface area contributed by atoms with Gasteiger partial charge in [-0.3, -0.25) is 24.5 Å². The van der Waals surface area contributed by atoms with Gasteiger partial charge in [0.15, 0.2) is 0 Å². The van der Waals surface area contributed by atoms with Crippen molar-refractivity contribution in [1.29, 1.82) is 0 Å². The van der Waals surface area contributed by atoms with Gasteiger partial charge in [-0.2, -0.15) is 5.10 Å². The number of hydrogen-bond donors (Lipinski definition) is 0. The lowest BCUT2D eigenvalue weighted by molar-refractivity contribution is -0.386. The molecule has 0 bridgehead atoms. The summed E-state index contributed by atoms with van der Waals surface area (Å²) < 4.78 is 1.38. The molecule has 3 aromatic rings. The van der Waals surface area contributed by atoms with Crippen LogP contribution >= 0.6 is 23.4 Å². The summed E-state index contributed by atoms with van der Waals surface area (Å²) in [6, 6.07) is 13.0. The van der Waals surface area contributed by atoms with Crippen molar-refractivity contribution in [3.63, 3.8) is 0 Å². The summed E-state index contributed by atoms with van der Waals surface area (Å²) in [5.74, 6) is -0.253. The minimum atomic E-state index is -0.472. The van der Waals surface area contributed by atoms with Crippen LogP contribution in [0.25, 0.3) is 0 Å². The number of aryl methyl sites for hydroxylation is 1. The highest BCUT2D eigenvalue weighted by Crippen LogP contribution is 2.48. The standard InChI is InChI=1S/C19H15ClN4O3S/c1-11-19(24(26)27)12(2)22(21-11)10-18(25)23-14-5-3-4-6-16(14)28-17-8-7-13(20)9-15(17)23/h3-9H,10H2,1-2H3. The molecule has 0 aliphatic carbocycles. The van der Waals surface area contributed by atoms with Crippen molar-refractivity contribution in [2.45, 2.75) is 30.2 Å². The third-order valence-electron chi connectivity index (χ3n) is 4.55. The van der Waals surface area contributed by atoms with Crippen molar-refractivity contribution in [2.24, 2.45) is 0 Å². The molecule has 1 aliphatic rings. The van der Waals surface area contributed by atoms with Crippen LogP contribution in [0.5, 0.6) is 0 Å². The van der Waals surface area contributed by atoms with Crippen LogP contribution in [0, 0.1) is 24.0 Å². The Morgan fingerprint density at radius 1 is 1.18 bits per heavy atom. The molecule has 0 atom stereocenters. The summed E-state index contributed by atoms with van der Waals surface area (Å²) >= 11 is 7.75. The third-order valence-corrected chi connectivity index (χ3v) is 5.91. The second kappa shape index (κ2) is 6.96. The first-order valence-electron chi connectivity index (χ1n) is 8.44. The number of hydrogen-bond acceptors (Lipinski definition) is 5. The summed E-state index contributed by atoms with van der Waals surface area (Å²) in [5.41, 5.74) is 2.02. The fraction of sp³-hybridized carbons (Fsp3) is 0.158. The van der Waals surface area contributed by atoms with Gasteiger partial charge in [0.1, 0.15) is 17.9 Å². The minimum Gasteiger partial charge on any atom is -0.277 e. The number of para-hydroxylation sites is 1. The van der Waals surface area contributed by atoms with E-state index in [-0.39, 0.29) is 23.8 Å². The van der Waals surface area contributed by atoms with Crippen molar-refractivity contribution in [3.05, 3.63) is 69.0 Å². The van der Waals surface area contributed by atoms with Gasteiger partial charge in [-0.25, -0.2) is 0 Å². The Balaban J connectivity index is 1.77. The molecule has 1 aromatic heterocycles. The number of halogens is 1. The zero-order valence-electron chi connectivity index (χ0n) is 15.0. The monoisotopic (exact) mass is 414 g/mol. The molecule has 9 heteroatoms. The van der Waals surface area contributed by atoms with E-state index < -0.39 is 4.92 Å². The molecule has 0 saturated carbocycles. The Kier molecular flexibility index (Phi) is 4.60. The Morgan fingerprint density at radius 3 is 2.61 bits per heavy atom. The van der Waals surface area contributed by atoms with E-state index >= 15 is 0 Å². The number of aromatic nitrogens is 2. The first kappa shape index (κ1) is 18.5. The maximum Gasteiger partial charge on any atom is 0.312 e. The van der Waals surface area contributed by atoms with Gasteiger partial charge in [0.05, 0.1) is 16.3 Å². The molecule has 0 spiro atoms. The zero-order valence-corrected chi connectivity index (χ0v) is 16.6. The van der Waals surface area contributed by atoms with Gasteiger partial charge in [0.25, 0.3) is 5.91 Å². The number of nitro groups is 1. The topological polar surface area (TPSA) is 81.3 Å². The van der Waals surface area contributed by atoms with Gasteiger partial charge in [-0.05, 0) is 44.2 Å². The van der Waals surface area contributed by atoms with Crippen molar-refractivity contribution < 1.29 is 9.72 Å². The van der Waals surface area contributed by atoms with Crippen molar-refractivity contribution in [3.8, 4) is 0 Å². The van der Waals surface area contributed by atoms with E-state index in [9.17, 15) is 14.9 Å². The largest absolute Gasteiger partial charge is 0.312 e. The predicted molar refractivity (Wildman–Crippen MR) is 108 cm³/mol. The summed E-state index contributed by atoms with van der Waals surface area (Å²) in [6.07, 6.45) is 0. The molecule has 2 heterocycles. The van der Waals surface area contributed by atoms with Crippen LogP contribution in [-0.4, -0.2) is 20.6 Å². The second-order valence-electron chi connectivity index (χ2n) is 6.35. The average Bonchev–Trinajstić information content (AvgIpc) is 2.93.